The second-order valence-electron chi connectivity index (χ2n) is 3.99. The van der Waals surface area contributed by atoms with Crippen molar-refractivity contribution in [1.82, 2.24) is 0 Å². The lowest BCUT2D eigenvalue weighted by Crippen LogP contribution is -2.29. The number of hydrogen-bond donors (Lipinski definition) is 0. The van der Waals surface area contributed by atoms with E-state index in [-0.39, 0.29) is 5.41 Å². The molecule has 1 saturated heterocycles. The van der Waals surface area contributed by atoms with Crippen molar-refractivity contribution < 1.29 is 13.6 Å². The van der Waals surface area contributed by atoms with Crippen LogP contribution in [0.1, 0.15) is 27.2 Å². The van der Waals surface area contributed by atoms with Crippen LogP contribution in [0.15, 0.2) is 0 Å². The molecule has 0 radical (unpaired) electrons. The van der Waals surface area contributed by atoms with Gasteiger partial charge in [0.05, 0.1) is 19.8 Å². The second-order valence-corrected chi connectivity index (χ2v) is 7.00. The van der Waals surface area contributed by atoms with E-state index in [2.05, 4.69) is 13.8 Å². The van der Waals surface area contributed by atoms with Crippen molar-refractivity contribution in [1.29, 1.82) is 0 Å². The molecule has 1 rings (SSSR count). The van der Waals surface area contributed by atoms with Gasteiger partial charge in [-0.2, -0.15) is 0 Å². The zero-order valence-corrected chi connectivity index (χ0v) is 10.1. The molecule has 0 saturated carbocycles. The van der Waals surface area contributed by atoms with Crippen molar-refractivity contribution in [2.75, 3.05) is 19.8 Å². The molecule has 0 atom stereocenters. The van der Waals surface area contributed by atoms with E-state index < -0.39 is 6.72 Å². The fourth-order valence-electron chi connectivity index (χ4n) is 0.864. The molecular weight excluding hydrogens is 207 g/mol. The van der Waals surface area contributed by atoms with Crippen molar-refractivity contribution in [2.24, 2.45) is 5.41 Å². The Morgan fingerprint density at radius 2 is 1.92 bits per heavy atom. The highest BCUT2D eigenvalue weighted by atomic mass is 32.5. The molecule has 0 unspecified atom stereocenters. The van der Waals surface area contributed by atoms with Crippen LogP contribution in [0.5, 0.6) is 0 Å². The average Bonchev–Trinajstić information content (AvgIpc) is 2.08. The predicted molar refractivity (Wildman–Crippen MR) is 56.2 cm³/mol. The van der Waals surface area contributed by atoms with Crippen LogP contribution in [-0.4, -0.2) is 19.8 Å². The van der Waals surface area contributed by atoms with Gasteiger partial charge in [0.1, 0.15) is 0 Å². The molecule has 1 heterocycles. The van der Waals surface area contributed by atoms with Crippen LogP contribution in [0.2, 0.25) is 0 Å². The Morgan fingerprint density at radius 3 is 2.38 bits per heavy atom. The van der Waals surface area contributed by atoms with Crippen molar-refractivity contribution >= 4 is 18.5 Å². The van der Waals surface area contributed by atoms with E-state index in [1.165, 1.54) is 0 Å². The molecule has 0 aromatic rings. The SMILES string of the molecule is CCCOP1(=S)OCC(C)(C)CO1. The van der Waals surface area contributed by atoms with Gasteiger partial charge in [-0.3, -0.25) is 0 Å². The lowest BCUT2D eigenvalue weighted by atomic mass is 9.97. The minimum Gasteiger partial charge on any atom is -0.309 e. The largest absolute Gasteiger partial charge is 0.327 e. The summed E-state index contributed by atoms with van der Waals surface area (Å²) in [7, 11) is 0. The Bertz CT molecular complexity index is 203. The monoisotopic (exact) mass is 224 g/mol. The molecule has 13 heavy (non-hydrogen) atoms. The van der Waals surface area contributed by atoms with E-state index in [9.17, 15) is 0 Å². The summed E-state index contributed by atoms with van der Waals surface area (Å²) < 4.78 is 16.3. The summed E-state index contributed by atoms with van der Waals surface area (Å²) in [5.74, 6) is 0. The Balaban J connectivity index is 2.42. The van der Waals surface area contributed by atoms with E-state index in [1.54, 1.807) is 0 Å². The molecular formula is C8H17O3PS. The summed E-state index contributed by atoms with van der Waals surface area (Å²) in [4.78, 5) is 0. The van der Waals surface area contributed by atoms with Gasteiger partial charge in [-0.15, -0.1) is 0 Å². The quantitative estimate of drug-likeness (QED) is 0.689. The lowest BCUT2D eigenvalue weighted by molar-refractivity contribution is 0.0257. The molecule has 3 nitrogen and oxygen atoms in total. The van der Waals surface area contributed by atoms with E-state index >= 15 is 0 Å². The van der Waals surface area contributed by atoms with Crippen LogP contribution in [0.3, 0.4) is 0 Å². The van der Waals surface area contributed by atoms with Gasteiger partial charge in [0, 0.05) is 5.41 Å². The summed E-state index contributed by atoms with van der Waals surface area (Å²) in [6.07, 6.45) is 0.939. The van der Waals surface area contributed by atoms with Crippen molar-refractivity contribution in [3.63, 3.8) is 0 Å². The molecule has 0 aromatic carbocycles. The Hall–Kier alpha value is 0.530. The van der Waals surface area contributed by atoms with Gasteiger partial charge < -0.3 is 13.6 Å². The summed E-state index contributed by atoms with van der Waals surface area (Å²) in [5.41, 5.74) is 0.0673. The molecule has 0 amide bonds. The third-order valence-corrected chi connectivity index (χ3v) is 4.02. The summed E-state index contributed by atoms with van der Waals surface area (Å²) in [6.45, 7) is 5.73. The fourth-order valence-corrected chi connectivity index (χ4v) is 3.05. The molecule has 0 aromatic heterocycles. The first-order valence-corrected chi connectivity index (χ1v) is 7.07. The maximum atomic E-state index is 5.46. The third-order valence-electron chi connectivity index (χ3n) is 1.68. The maximum absolute atomic E-state index is 5.46. The molecule has 1 aliphatic rings. The van der Waals surface area contributed by atoms with Crippen LogP contribution in [0.4, 0.5) is 0 Å². The van der Waals surface area contributed by atoms with Crippen LogP contribution in [0, 0.1) is 5.41 Å². The molecule has 0 aliphatic carbocycles. The highest BCUT2D eigenvalue weighted by Crippen LogP contribution is 2.54. The Kier molecular flexibility index (Phi) is 3.90. The first kappa shape index (κ1) is 11.6. The van der Waals surface area contributed by atoms with E-state index in [0.717, 1.165) is 6.42 Å². The molecule has 78 valence electrons. The van der Waals surface area contributed by atoms with E-state index in [0.29, 0.717) is 19.8 Å². The Morgan fingerprint density at radius 1 is 1.38 bits per heavy atom. The van der Waals surface area contributed by atoms with Crippen molar-refractivity contribution in [2.45, 2.75) is 27.2 Å². The van der Waals surface area contributed by atoms with Gasteiger partial charge in [-0.25, -0.2) is 0 Å². The van der Waals surface area contributed by atoms with Crippen LogP contribution in [-0.2, 0) is 25.4 Å². The molecule has 0 spiro atoms. The van der Waals surface area contributed by atoms with Crippen molar-refractivity contribution in [3.8, 4) is 0 Å². The zero-order valence-electron chi connectivity index (χ0n) is 8.41. The minimum absolute atomic E-state index is 0.0673. The molecule has 1 fully saturated rings. The Labute approximate surface area is 85.0 Å². The summed E-state index contributed by atoms with van der Waals surface area (Å²) in [5, 5.41) is 0. The van der Waals surface area contributed by atoms with E-state index in [4.69, 9.17) is 25.4 Å². The van der Waals surface area contributed by atoms with Crippen LogP contribution in [0.25, 0.3) is 0 Å². The number of rotatable bonds is 3. The highest BCUT2D eigenvalue weighted by Gasteiger charge is 2.33. The lowest BCUT2D eigenvalue weighted by Gasteiger charge is -2.35. The maximum Gasteiger partial charge on any atom is 0.327 e. The van der Waals surface area contributed by atoms with Crippen molar-refractivity contribution in [3.05, 3.63) is 0 Å². The zero-order chi connectivity index (χ0) is 9.95. The number of hydrogen-bond acceptors (Lipinski definition) is 4. The second kappa shape index (κ2) is 4.37. The molecule has 0 bridgehead atoms. The third kappa shape index (κ3) is 3.64. The topological polar surface area (TPSA) is 27.7 Å². The van der Waals surface area contributed by atoms with Gasteiger partial charge in [-0.05, 0) is 18.2 Å². The van der Waals surface area contributed by atoms with Gasteiger partial charge in [0.15, 0.2) is 0 Å². The van der Waals surface area contributed by atoms with E-state index in [1.807, 2.05) is 6.92 Å². The molecule has 0 N–H and O–H groups in total. The van der Waals surface area contributed by atoms with Gasteiger partial charge in [0.2, 0.25) is 0 Å². The van der Waals surface area contributed by atoms with Gasteiger partial charge >= 0.3 is 6.72 Å². The summed E-state index contributed by atoms with van der Waals surface area (Å²) >= 11 is 5.17. The van der Waals surface area contributed by atoms with Gasteiger partial charge in [-0.1, -0.05) is 20.8 Å². The normalized spacial score (nSPS) is 25.8. The predicted octanol–water partition coefficient (Wildman–Crippen LogP) is 2.71. The van der Waals surface area contributed by atoms with Gasteiger partial charge in [0.25, 0.3) is 0 Å². The smallest absolute Gasteiger partial charge is 0.309 e. The first-order valence-electron chi connectivity index (χ1n) is 4.51. The van der Waals surface area contributed by atoms with Crippen LogP contribution < -0.4 is 0 Å². The average molecular weight is 224 g/mol. The fraction of sp³-hybridized carbons (Fsp3) is 1.00. The molecule has 5 heteroatoms. The van der Waals surface area contributed by atoms with Crippen LogP contribution >= 0.6 is 6.72 Å². The highest BCUT2D eigenvalue weighted by molar-refractivity contribution is 8.07. The first-order chi connectivity index (χ1) is 5.97. The standard InChI is InChI=1S/C8H17O3PS/c1-4-5-9-12(13)10-6-8(2,3)7-11-12/h4-7H2,1-3H3. The summed E-state index contributed by atoms with van der Waals surface area (Å²) in [6, 6.07) is 0. The minimum atomic E-state index is -2.38. The molecule has 1 aliphatic heterocycles.